The maximum absolute atomic E-state index is 7.92. The van der Waals surface area contributed by atoms with Crippen LogP contribution in [0.1, 0.15) is 4.11 Å². The van der Waals surface area contributed by atoms with Crippen LogP contribution in [0, 0.1) is 0 Å². The number of benzene rings is 2. The molecular formula is C14H11N. The zero-order valence-corrected chi connectivity index (χ0v) is 8.07. The van der Waals surface area contributed by atoms with Gasteiger partial charge in [-0.1, -0.05) is 42.9 Å². The van der Waals surface area contributed by atoms with Gasteiger partial charge in [-0.05, 0) is 12.1 Å². The van der Waals surface area contributed by atoms with E-state index in [1.807, 2.05) is 48.5 Å². The second-order valence-corrected chi connectivity index (χ2v) is 3.48. The summed E-state index contributed by atoms with van der Waals surface area (Å²) >= 11 is 0. The number of rotatable bonds is 1. The summed E-state index contributed by atoms with van der Waals surface area (Å²) in [5.74, 6) is 0. The molecule has 3 rings (SSSR count). The second kappa shape index (κ2) is 2.99. The zero-order valence-electron chi connectivity index (χ0n) is 11.1. The van der Waals surface area contributed by atoms with Crippen molar-refractivity contribution in [3.8, 4) is 0 Å². The minimum atomic E-state index is -0.485. The standard InChI is InChI=1S/C14H11N/c1-2-15-13-9-5-3-7-11(13)12-8-4-6-10-14(12)15/h2-10H,1H2/i1D2,2D. The Hall–Kier alpha value is -2.02. The summed E-state index contributed by atoms with van der Waals surface area (Å²) in [7, 11) is 0. The summed E-state index contributed by atoms with van der Waals surface area (Å²) in [6, 6.07) is 15.5. The van der Waals surface area contributed by atoms with E-state index in [2.05, 4.69) is 0 Å². The minimum absolute atomic E-state index is 0.104. The molecule has 0 saturated heterocycles. The average Bonchev–Trinajstić information content (AvgIpc) is 2.72. The Balaban J connectivity index is 2.58. The molecule has 0 saturated carbocycles. The van der Waals surface area contributed by atoms with Crippen molar-refractivity contribution in [2.24, 2.45) is 0 Å². The van der Waals surface area contributed by atoms with Crippen molar-refractivity contribution >= 4 is 28.0 Å². The smallest absolute Gasteiger partial charge is 0.0816 e. The van der Waals surface area contributed by atoms with E-state index in [0.29, 0.717) is 0 Å². The third-order valence-electron chi connectivity index (χ3n) is 2.69. The normalized spacial score (nSPS) is 13.5. The van der Waals surface area contributed by atoms with Crippen LogP contribution in [0.15, 0.2) is 55.1 Å². The van der Waals surface area contributed by atoms with E-state index in [1.165, 1.54) is 0 Å². The van der Waals surface area contributed by atoms with Gasteiger partial charge in [0.1, 0.15) is 0 Å². The molecule has 0 aliphatic rings. The van der Waals surface area contributed by atoms with E-state index in [-0.39, 0.29) is 6.18 Å². The zero-order chi connectivity index (χ0) is 12.7. The van der Waals surface area contributed by atoms with Gasteiger partial charge in [0, 0.05) is 16.9 Å². The first-order valence-corrected chi connectivity index (χ1v) is 4.83. The first-order valence-electron chi connectivity index (χ1n) is 6.33. The van der Waals surface area contributed by atoms with Gasteiger partial charge in [-0.15, -0.1) is 0 Å². The lowest BCUT2D eigenvalue weighted by Crippen LogP contribution is -1.82. The fourth-order valence-corrected chi connectivity index (χ4v) is 2.04. The van der Waals surface area contributed by atoms with Crippen LogP contribution in [0.4, 0.5) is 0 Å². The first-order chi connectivity index (χ1) is 8.70. The molecule has 0 aliphatic heterocycles. The highest BCUT2D eigenvalue weighted by molar-refractivity contribution is 6.09. The average molecular weight is 196 g/mol. The van der Waals surface area contributed by atoms with Gasteiger partial charge in [0.25, 0.3) is 0 Å². The van der Waals surface area contributed by atoms with Crippen molar-refractivity contribution in [2.75, 3.05) is 0 Å². The van der Waals surface area contributed by atoms with Crippen molar-refractivity contribution in [1.29, 1.82) is 0 Å². The Morgan fingerprint density at radius 1 is 1.00 bits per heavy atom. The Labute approximate surface area is 92.5 Å². The molecule has 1 heterocycles. The molecule has 15 heavy (non-hydrogen) atoms. The van der Waals surface area contributed by atoms with Crippen LogP contribution in [0.5, 0.6) is 0 Å². The van der Waals surface area contributed by atoms with Gasteiger partial charge in [0.15, 0.2) is 0 Å². The highest BCUT2D eigenvalue weighted by Crippen LogP contribution is 2.28. The molecule has 72 valence electrons. The SMILES string of the molecule is [2H]C([2H])=C([2H])n1c2ccccc2c2ccccc21. The summed E-state index contributed by atoms with van der Waals surface area (Å²) in [4.78, 5) is 0. The van der Waals surface area contributed by atoms with Crippen molar-refractivity contribution in [2.45, 2.75) is 0 Å². The van der Waals surface area contributed by atoms with E-state index < -0.39 is 6.53 Å². The lowest BCUT2D eigenvalue weighted by atomic mass is 10.2. The molecular weight excluding hydrogens is 182 g/mol. The number of aromatic nitrogens is 1. The first kappa shape index (κ1) is 5.76. The Kier molecular flexibility index (Phi) is 1.15. The van der Waals surface area contributed by atoms with E-state index in [1.54, 1.807) is 4.57 Å². The molecule has 0 fully saturated rings. The van der Waals surface area contributed by atoms with Gasteiger partial charge in [-0.25, -0.2) is 0 Å². The lowest BCUT2D eigenvalue weighted by Gasteiger charge is -1.97. The molecule has 0 bridgehead atoms. The lowest BCUT2D eigenvalue weighted by molar-refractivity contribution is 1.30. The van der Waals surface area contributed by atoms with E-state index >= 15 is 0 Å². The minimum Gasteiger partial charge on any atom is -0.317 e. The quantitative estimate of drug-likeness (QED) is 0.556. The number of nitrogens with zero attached hydrogens (tertiary/aromatic N) is 1. The predicted octanol–water partition coefficient (Wildman–Crippen LogP) is 3.90. The highest BCUT2D eigenvalue weighted by Gasteiger charge is 2.06. The number of hydrogen-bond acceptors (Lipinski definition) is 0. The number of para-hydroxylation sites is 2. The van der Waals surface area contributed by atoms with Gasteiger partial charge in [-0.3, -0.25) is 0 Å². The largest absolute Gasteiger partial charge is 0.317 e. The molecule has 1 aromatic heterocycles. The fraction of sp³-hybridized carbons (Fsp3) is 0. The third kappa shape index (κ3) is 1.03. The van der Waals surface area contributed by atoms with Gasteiger partial charge >= 0.3 is 0 Å². The van der Waals surface area contributed by atoms with Gasteiger partial charge < -0.3 is 4.57 Å². The van der Waals surface area contributed by atoms with Crippen LogP contribution in [-0.4, -0.2) is 4.57 Å². The molecule has 0 N–H and O–H groups in total. The van der Waals surface area contributed by atoms with E-state index in [4.69, 9.17) is 4.11 Å². The topological polar surface area (TPSA) is 4.93 Å². The van der Waals surface area contributed by atoms with Crippen LogP contribution in [0.25, 0.3) is 28.0 Å². The van der Waals surface area contributed by atoms with Crippen molar-refractivity contribution in [1.82, 2.24) is 4.57 Å². The van der Waals surface area contributed by atoms with Crippen molar-refractivity contribution in [3.05, 3.63) is 55.1 Å². The summed E-state index contributed by atoms with van der Waals surface area (Å²) in [6.45, 7) is -0.485. The van der Waals surface area contributed by atoms with Gasteiger partial charge in [-0.2, -0.15) is 0 Å². The summed E-state index contributed by atoms with van der Waals surface area (Å²) < 4.78 is 24.3. The molecule has 0 amide bonds. The van der Waals surface area contributed by atoms with Crippen molar-refractivity contribution in [3.63, 3.8) is 0 Å². The molecule has 0 atom stereocenters. The Morgan fingerprint density at radius 2 is 1.53 bits per heavy atom. The fourth-order valence-electron chi connectivity index (χ4n) is 2.04. The summed E-state index contributed by atoms with van der Waals surface area (Å²) in [5.41, 5.74) is 1.72. The van der Waals surface area contributed by atoms with Crippen molar-refractivity contribution < 1.29 is 4.11 Å². The third-order valence-corrected chi connectivity index (χ3v) is 2.69. The van der Waals surface area contributed by atoms with Crippen LogP contribution in [0.2, 0.25) is 0 Å². The number of fused-ring (bicyclic) bond motifs is 3. The maximum Gasteiger partial charge on any atom is 0.0816 e. The predicted molar refractivity (Wildman–Crippen MR) is 65.8 cm³/mol. The molecule has 0 aliphatic carbocycles. The Morgan fingerprint density at radius 3 is 2.07 bits per heavy atom. The monoisotopic (exact) mass is 196 g/mol. The summed E-state index contributed by atoms with van der Waals surface area (Å²) in [6.07, 6.45) is -0.104. The maximum atomic E-state index is 7.92. The van der Waals surface area contributed by atoms with Crippen LogP contribution in [-0.2, 0) is 0 Å². The Bertz CT molecular complexity index is 714. The van der Waals surface area contributed by atoms with Crippen LogP contribution in [0.3, 0.4) is 0 Å². The van der Waals surface area contributed by atoms with Crippen LogP contribution < -0.4 is 0 Å². The molecule has 0 radical (unpaired) electrons. The van der Waals surface area contributed by atoms with Gasteiger partial charge in [0.05, 0.1) is 15.1 Å². The van der Waals surface area contributed by atoms with E-state index in [9.17, 15) is 0 Å². The van der Waals surface area contributed by atoms with Gasteiger partial charge in [0.2, 0.25) is 0 Å². The molecule has 1 nitrogen and oxygen atoms in total. The molecule has 0 unspecified atom stereocenters. The second-order valence-electron chi connectivity index (χ2n) is 3.48. The molecule has 1 heteroatoms. The van der Waals surface area contributed by atoms with E-state index in [0.717, 1.165) is 21.8 Å². The molecule has 3 aromatic rings. The molecule has 0 spiro atoms. The highest BCUT2D eigenvalue weighted by atomic mass is 14.9. The molecule has 2 aromatic carbocycles. The summed E-state index contributed by atoms with van der Waals surface area (Å²) in [5, 5.41) is 2.08. The van der Waals surface area contributed by atoms with Crippen LogP contribution >= 0.6 is 0 Å². The number of hydrogen-bond donors (Lipinski definition) is 0.